The van der Waals surface area contributed by atoms with Gasteiger partial charge in [0.15, 0.2) is 10.7 Å². The van der Waals surface area contributed by atoms with E-state index in [9.17, 15) is 5.26 Å². The highest BCUT2D eigenvalue weighted by molar-refractivity contribution is 7.12. The van der Waals surface area contributed by atoms with Crippen LogP contribution in [0, 0.1) is 11.3 Å². The maximum Gasteiger partial charge on any atom is 0.196 e. The Morgan fingerprint density at radius 3 is 2.63 bits per heavy atom. The number of nitrogens with zero attached hydrogens (tertiary/aromatic N) is 3. The van der Waals surface area contributed by atoms with Crippen molar-refractivity contribution in [1.82, 2.24) is 4.98 Å². The Kier molecular flexibility index (Phi) is 5.91. The zero-order valence-corrected chi connectivity index (χ0v) is 16.1. The standard InChI is InChI=1S/C19H15ClN4O2S/c1-25-14-6-3-12(4-7-14)17-11-27-19(22-17)16(10-21)24-23-15-9-13(20)5-8-18(15)26-2/h3-9,11,23H,1-2H3/b24-16+. The lowest BCUT2D eigenvalue weighted by molar-refractivity contribution is 0.415. The van der Waals surface area contributed by atoms with Gasteiger partial charge in [0.25, 0.3) is 0 Å². The summed E-state index contributed by atoms with van der Waals surface area (Å²) in [6, 6.07) is 14.7. The van der Waals surface area contributed by atoms with Gasteiger partial charge in [-0.1, -0.05) is 11.6 Å². The van der Waals surface area contributed by atoms with Crippen LogP contribution in [-0.4, -0.2) is 24.9 Å². The van der Waals surface area contributed by atoms with Crippen molar-refractivity contribution in [2.24, 2.45) is 5.10 Å². The van der Waals surface area contributed by atoms with Gasteiger partial charge < -0.3 is 9.47 Å². The number of halogens is 1. The topological polar surface area (TPSA) is 79.5 Å². The summed E-state index contributed by atoms with van der Waals surface area (Å²) in [7, 11) is 3.17. The van der Waals surface area contributed by atoms with Crippen LogP contribution in [0.15, 0.2) is 52.9 Å². The Morgan fingerprint density at radius 1 is 1.19 bits per heavy atom. The first kappa shape index (κ1) is 18.7. The molecule has 27 heavy (non-hydrogen) atoms. The van der Waals surface area contributed by atoms with Crippen LogP contribution in [0.3, 0.4) is 0 Å². The molecule has 0 saturated carbocycles. The smallest absolute Gasteiger partial charge is 0.196 e. The third kappa shape index (κ3) is 4.37. The fourth-order valence-corrected chi connectivity index (χ4v) is 3.22. The molecule has 3 rings (SSSR count). The van der Waals surface area contributed by atoms with Crippen molar-refractivity contribution in [2.75, 3.05) is 19.6 Å². The molecule has 0 atom stereocenters. The van der Waals surface area contributed by atoms with E-state index in [2.05, 4.69) is 21.6 Å². The fraction of sp³-hybridized carbons (Fsp3) is 0.105. The number of hydrogen-bond donors (Lipinski definition) is 1. The van der Waals surface area contributed by atoms with Crippen LogP contribution in [0.1, 0.15) is 5.01 Å². The van der Waals surface area contributed by atoms with E-state index in [0.29, 0.717) is 21.5 Å². The normalized spacial score (nSPS) is 11.0. The lowest BCUT2D eigenvalue weighted by Gasteiger charge is -2.07. The fourth-order valence-electron chi connectivity index (χ4n) is 2.28. The van der Waals surface area contributed by atoms with Gasteiger partial charge in [0.2, 0.25) is 0 Å². The number of nitrogens with one attached hydrogen (secondary N) is 1. The van der Waals surface area contributed by atoms with Crippen molar-refractivity contribution < 1.29 is 9.47 Å². The summed E-state index contributed by atoms with van der Waals surface area (Å²) in [6.45, 7) is 0. The van der Waals surface area contributed by atoms with E-state index >= 15 is 0 Å². The second-order valence-electron chi connectivity index (χ2n) is 5.30. The number of nitriles is 1. The van der Waals surface area contributed by atoms with E-state index in [0.717, 1.165) is 17.0 Å². The Balaban J connectivity index is 1.84. The molecule has 2 aromatic carbocycles. The highest BCUT2D eigenvalue weighted by atomic mass is 35.5. The van der Waals surface area contributed by atoms with Crippen molar-refractivity contribution >= 4 is 34.3 Å². The molecule has 1 aromatic heterocycles. The average Bonchev–Trinajstić information content (AvgIpc) is 3.19. The van der Waals surface area contributed by atoms with Gasteiger partial charge >= 0.3 is 0 Å². The molecule has 0 bridgehead atoms. The van der Waals surface area contributed by atoms with Gasteiger partial charge in [-0.25, -0.2) is 4.98 Å². The first-order valence-electron chi connectivity index (χ1n) is 7.82. The van der Waals surface area contributed by atoms with Gasteiger partial charge in [0.05, 0.1) is 25.6 Å². The van der Waals surface area contributed by atoms with Crippen molar-refractivity contribution in [3.05, 3.63) is 57.9 Å². The number of benzene rings is 2. The molecular formula is C19H15ClN4O2S. The van der Waals surface area contributed by atoms with Crippen molar-refractivity contribution in [3.8, 4) is 28.8 Å². The van der Waals surface area contributed by atoms with Crippen molar-refractivity contribution in [3.63, 3.8) is 0 Å². The van der Waals surface area contributed by atoms with Gasteiger partial charge in [-0.05, 0) is 42.5 Å². The lowest BCUT2D eigenvalue weighted by Crippen LogP contribution is -2.02. The molecule has 0 amide bonds. The number of ether oxygens (including phenoxy) is 2. The summed E-state index contributed by atoms with van der Waals surface area (Å²) < 4.78 is 10.4. The number of rotatable bonds is 6. The summed E-state index contributed by atoms with van der Waals surface area (Å²) in [6.07, 6.45) is 0. The average molecular weight is 399 g/mol. The Labute approximate surface area is 165 Å². The molecule has 0 radical (unpaired) electrons. The number of hydrazone groups is 1. The van der Waals surface area contributed by atoms with Crippen LogP contribution < -0.4 is 14.9 Å². The second-order valence-corrected chi connectivity index (χ2v) is 6.59. The minimum Gasteiger partial charge on any atom is -0.497 e. The SMILES string of the molecule is COc1ccc(-c2csc(/C(C#N)=N/Nc3cc(Cl)ccc3OC)n2)cc1. The monoisotopic (exact) mass is 398 g/mol. The van der Waals surface area contributed by atoms with Crippen LogP contribution in [0.25, 0.3) is 11.3 Å². The number of anilines is 1. The second kappa shape index (κ2) is 8.54. The maximum absolute atomic E-state index is 9.46. The summed E-state index contributed by atoms with van der Waals surface area (Å²) in [4.78, 5) is 4.51. The Hall–Kier alpha value is -3.08. The summed E-state index contributed by atoms with van der Waals surface area (Å²) in [5, 5.41) is 16.5. The third-order valence-electron chi connectivity index (χ3n) is 3.65. The zero-order valence-electron chi connectivity index (χ0n) is 14.6. The van der Waals surface area contributed by atoms with Crippen LogP contribution in [-0.2, 0) is 0 Å². The highest BCUT2D eigenvalue weighted by Crippen LogP contribution is 2.28. The summed E-state index contributed by atoms with van der Waals surface area (Å²) in [5.41, 5.74) is 5.25. The quantitative estimate of drug-likeness (QED) is 0.475. The predicted octanol–water partition coefficient (Wildman–Crippen LogP) is 4.82. The van der Waals surface area contributed by atoms with E-state index < -0.39 is 0 Å². The molecule has 0 unspecified atom stereocenters. The van der Waals surface area contributed by atoms with Crippen LogP contribution in [0.2, 0.25) is 5.02 Å². The molecule has 0 fully saturated rings. The van der Waals surface area contributed by atoms with E-state index in [1.54, 1.807) is 32.4 Å². The molecule has 0 aliphatic carbocycles. The van der Waals surface area contributed by atoms with Crippen LogP contribution in [0.5, 0.6) is 11.5 Å². The molecule has 0 spiro atoms. The number of thiazole rings is 1. The first-order valence-corrected chi connectivity index (χ1v) is 9.08. The molecule has 6 nitrogen and oxygen atoms in total. The molecular weight excluding hydrogens is 384 g/mol. The Bertz CT molecular complexity index is 1010. The highest BCUT2D eigenvalue weighted by Gasteiger charge is 2.11. The first-order chi connectivity index (χ1) is 13.1. The van der Waals surface area contributed by atoms with E-state index in [4.69, 9.17) is 21.1 Å². The summed E-state index contributed by atoms with van der Waals surface area (Å²) in [5.74, 6) is 1.34. The van der Waals surface area contributed by atoms with Crippen molar-refractivity contribution in [2.45, 2.75) is 0 Å². The maximum atomic E-state index is 9.46. The van der Waals surface area contributed by atoms with Gasteiger partial charge in [-0.2, -0.15) is 10.4 Å². The summed E-state index contributed by atoms with van der Waals surface area (Å²) >= 11 is 7.35. The van der Waals surface area contributed by atoms with E-state index in [-0.39, 0.29) is 5.71 Å². The Morgan fingerprint density at radius 2 is 1.96 bits per heavy atom. The zero-order chi connectivity index (χ0) is 19.2. The van der Waals surface area contributed by atoms with Gasteiger partial charge in [0.1, 0.15) is 17.6 Å². The minimum absolute atomic E-state index is 0.168. The van der Waals surface area contributed by atoms with Gasteiger partial charge in [-0.3, -0.25) is 5.43 Å². The van der Waals surface area contributed by atoms with Crippen molar-refractivity contribution in [1.29, 1.82) is 5.26 Å². The van der Waals surface area contributed by atoms with Crippen LogP contribution in [0.4, 0.5) is 5.69 Å². The molecule has 3 aromatic rings. The molecule has 0 aliphatic rings. The molecule has 0 saturated heterocycles. The molecule has 0 aliphatic heterocycles. The van der Waals surface area contributed by atoms with E-state index in [1.165, 1.54) is 11.3 Å². The predicted molar refractivity (Wildman–Crippen MR) is 108 cm³/mol. The van der Waals surface area contributed by atoms with E-state index in [1.807, 2.05) is 29.6 Å². The van der Waals surface area contributed by atoms with Gasteiger partial charge in [-0.15, -0.1) is 11.3 Å². The number of methoxy groups -OCH3 is 2. The lowest BCUT2D eigenvalue weighted by atomic mass is 10.2. The third-order valence-corrected chi connectivity index (χ3v) is 4.73. The molecule has 1 heterocycles. The van der Waals surface area contributed by atoms with Gasteiger partial charge in [0, 0.05) is 16.0 Å². The molecule has 1 N–H and O–H groups in total. The minimum atomic E-state index is 0.168. The molecule has 8 heteroatoms. The molecule has 136 valence electrons. The van der Waals surface area contributed by atoms with Crippen LogP contribution >= 0.6 is 22.9 Å². The largest absolute Gasteiger partial charge is 0.497 e. The number of hydrogen-bond acceptors (Lipinski definition) is 7. The number of aromatic nitrogens is 1.